The van der Waals surface area contributed by atoms with Crippen molar-refractivity contribution >= 4 is 0 Å². The molecule has 0 amide bonds. The Morgan fingerprint density at radius 1 is 1.06 bits per heavy atom. The van der Waals surface area contributed by atoms with Gasteiger partial charge in [0.25, 0.3) is 0 Å². The van der Waals surface area contributed by atoms with Crippen LogP contribution in [0, 0.1) is 6.92 Å². The molecule has 2 aromatic rings. The second-order valence-corrected chi connectivity index (χ2v) is 4.32. The molecule has 0 atom stereocenters. The van der Waals surface area contributed by atoms with E-state index in [1.165, 1.54) is 22.3 Å². The Morgan fingerprint density at radius 2 is 1.78 bits per heavy atom. The molecule has 0 aliphatic heterocycles. The Hall–Kier alpha value is -1.80. The quantitative estimate of drug-likeness (QED) is 0.889. The molecule has 0 saturated heterocycles. The van der Waals surface area contributed by atoms with Gasteiger partial charge < -0.3 is 10.5 Å². The molecule has 0 saturated carbocycles. The third-order valence-corrected chi connectivity index (χ3v) is 2.96. The lowest BCUT2D eigenvalue weighted by Crippen LogP contribution is -1.99. The second-order valence-electron chi connectivity index (χ2n) is 4.32. The molecule has 2 aromatic carbocycles. The van der Waals surface area contributed by atoms with Crippen LogP contribution in [0.1, 0.15) is 18.1 Å². The van der Waals surface area contributed by atoms with Crippen molar-refractivity contribution < 1.29 is 4.74 Å². The van der Waals surface area contributed by atoms with Crippen molar-refractivity contribution in [1.29, 1.82) is 0 Å². The zero-order chi connectivity index (χ0) is 13.0. The molecule has 0 bridgehead atoms. The maximum atomic E-state index is 5.79. The number of nitrogens with two attached hydrogens (primary N) is 1. The zero-order valence-corrected chi connectivity index (χ0v) is 10.9. The summed E-state index contributed by atoms with van der Waals surface area (Å²) >= 11 is 0. The third kappa shape index (κ3) is 2.71. The fourth-order valence-electron chi connectivity index (χ4n) is 2.03. The fourth-order valence-corrected chi connectivity index (χ4v) is 2.03. The first-order valence-corrected chi connectivity index (χ1v) is 6.27. The molecule has 0 aliphatic rings. The van der Waals surface area contributed by atoms with Crippen molar-refractivity contribution in [3.05, 3.63) is 53.6 Å². The molecule has 0 heterocycles. The van der Waals surface area contributed by atoms with Gasteiger partial charge in [0.15, 0.2) is 0 Å². The molecule has 0 unspecified atom stereocenters. The summed E-state index contributed by atoms with van der Waals surface area (Å²) in [5.74, 6) is 0.906. The van der Waals surface area contributed by atoms with Crippen molar-refractivity contribution in [2.75, 3.05) is 6.61 Å². The van der Waals surface area contributed by atoms with Crippen LogP contribution in [-0.2, 0) is 6.54 Å². The van der Waals surface area contributed by atoms with Crippen LogP contribution >= 0.6 is 0 Å². The summed E-state index contributed by atoms with van der Waals surface area (Å²) in [7, 11) is 0. The Bertz CT molecular complexity index is 517. The number of hydrogen-bond donors (Lipinski definition) is 1. The monoisotopic (exact) mass is 241 g/mol. The summed E-state index contributed by atoms with van der Waals surface area (Å²) in [6.07, 6.45) is 0. The predicted octanol–water partition coefficient (Wildman–Crippen LogP) is 3.52. The summed E-state index contributed by atoms with van der Waals surface area (Å²) in [5.41, 5.74) is 10.6. The standard InChI is InChI=1S/C16H19NO/c1-3-18-15-8-6-13(7-9-15)16-10-12(2)4-5-14(16)11-17/h4-10H,3,11,17H2,1-2H3. The number of benzene rings is 2. The summed E-state index contributed by atoms with van der Waals surface area (Å²) in [5, 5.41) is 0. The van der Waals surface area contributed by atoms with Crippen LogP contribution in [0.4, 0.5) is 0 Å². The van der Waals surface area contributed by atoms with Crippen LogP contribution < -0.4 is 10.5 Å². The minimum Gasteiger partial charge on any atom is -0.494 e. The SMILES string of the molecule is CCOc1ccc(-c2cc(C)ccc2CN)cc1. The molecular formula is C16H19NO. The van der Waals surface area contributed by atoms with Crippen LogP contribution in [0.3, 0.4) is 0 Å². The molecule has 0 aliphatic carbocycles. The predicted molar refractivity (Wildman–Crippen MR) is 75.7 cm³/mol. The lowest BCUT2D eigenvalue weighted by Gasteiger charge is -2.10. The van der Waals surface area contributed by atoms with Gasteiger partial charge in [0.2, 0.25) is 0 Å². The topological polar surface area (TPSA) is 35.2 Å². The maximum Gasteiger partial charge on any atom is 0.119 e. The molecular weight excluding hydrogens is 222 g/mol. The average molecular weight is 241 g/mol. The van der Waals surface area contributed by atoms with Gasteiger partial charge in [-0.15, -0.1) is 0 Å². The van der Waals surface area contributed by atoms with Crippen molar-refractivity contribution in [2.45, 2.75) is 20.4 Å². The summed E-state index contributed by atoms with van der Waals surface area (Å²) in [4.78, 5) is 0. The van der Waals surface area contributed by atoms with Gasteiger partial charge in [0.1, 0.15) is 5.75 Å². The Kier molecular flexibility index (Phi) is 4.00. The molecule has 2 nitrogen and oxygen atoms in total. The molecule has 18 heavy (non-hydrogen) atoms. The first-order chi connectivity index (χ1) is 8.74. The Labute approximate surface area is 108 Å². The minimum atomic E-state index is 0.558. The van der Waals surface area contributed by atoms with Gasteiger partial charge >= 0.3 is 0 Å². The molecule has 0 spiro atoms. The number of rotatable bonds is 4. The molecule has 2 heteroatoms. The van der Waals surface area contributed by atoms with Crippen molar-refractivity contribution in [3.8, 4) is 16.9 Å². The van der Waals surface area contributed by atoms with Crippen LogP contribution in [0.5, 0.6) is 5.75 Å². The summed E-state index contributed by atoms with van der Waals surface area (Å²) in [6, 6.07) is 14.5. The highest BCUT2D eigenvalue weighted by Gasteiger charge is 2.04. The Morgan fingerprint density at radius 3 is 2.39 bits per heavy atom. The normalized spacial score (nSPS) is 10.4. The van der Waals surface area contributed by atoms with Gasteiger partial charge in [0, 0.05) is 6.54 Å². The highest BCUT2D eigenvalue weighted by molar-refractivity contribution is 5.68. The molecule has 94 valence electrons. The summed E-state index contributed by atoms with van der Waals surface area (Å²) < 4.78 is 5.45. The maximum absolute atomic E-state index is 5.79. The minimum absolute atomic E-state index is 0.558. The van der Waals surface area contributed by atoms with Gasteiger partial charge in [-0.2, -0.15) is 0 Å². The van der Waals surface area contributed by atoms with E-state index < -0.39 is 0 Å². The number of hydrogen-bond acceptors (Lipinski definition) is 2. The van der Waals surface area contributed by atoms with E-state index in [2.05, 4.69) is 37.3 Å². The van der Waals surface area contributed by atoms with Crippen molar-refractivity contribution in [2.24, 2.45) is 5.73 Å². The van der Waals surface area contributed by atoms with Gasteiger partial charge in [0.05, 0.1) is 6.61 Å². The van der Waals surface area contributed by atoms with E-state index in [1.807, 2.05) is 19.1 Å². The van der Waals surface area contributed by atoms with E-state index in [-0.39, 0.29) is 0 Å². The highest BCUT2D eigenvalue weighted by Crippen LogP contribution is 2.26. The smallest absolute Gasteiger partial charge is 0.119 e. The highest BCUT2D eigenvalue weighted by atomic mass is 16.5. The van der Waals surface area contributed by atoms with Gasteiger partial charge in [-0.3, -0.25) is 0 Å². The average Bonchev–Trinajstić information content (AvgIpc) is 2.40. The van der Waals surface area contributed by atoms with E-state index in [0.717, 1.165) is 5.75 Å². The lowest BCUT2D eigenvalue weighted by atomic mass is 9.97. The van der Waals surface area contributed by atoms with E-state index in [0.29, 0.717) is 13.2 Å². The lowest BCUT2D eigenvalue weighted by molar-refractivity contribution is 0.340. The molecule has 2 N–H and O–H groups in total. The Balaban J connectivity index is 2.38. The van der Waals surface area contributed by atoms with Crippen LogP contribution in [0.15, 0.2) is 42.5 Å². The van der Waals surface area contributed by atoms with Crippen molar-refractivity contribution in [3.63, 3.8) is 0 Å². The van der Waals surface area contributed by atoms with Gasteiger partial charge in [-0.1, -0.05) is 35.9 Å². The zero-order valence-electron chi connectivity index (χ0n) is 10.9. The second kappa shape index (κ2) is 5.69. The first-order valence-electron chi connectivity index (χ1n) is 6.27. The molecule has 0 fully saturated rings. The molecule has 0 aromatic heterocycles. The molecule has 2 rings (SSSR count). The fraction of sp³-hybridized carbons (Fsp3) is 0.250. The third-order valence-electron chi connectivity index (χ3n) is 2.96. The first kappa shape index (κ1) is 12.7. The van der Waals surface area contributed by atoms with Gasteiger partial charge in [-0.25, -0.2) is 0 Å². The van der Waals surface area contributed by atoms with E-state index in [4.69, 9.17) is 10.5 Å². The van der Waals surface area contributed by atoms with Crippen LogP contribution in [0.25, 0.3) is 11.1 Å². The molecule has 0 radical (unpaired) electrons. The van der Waals surface area contributed by atoms with E-state index >= 15 is 0 Å². The number of ether oxygens (including phenoxy) is 1. The van der Waals surface area contributed by atoms with Gasteiger partial charge in [-0.05, 0) is 42.7 Å². The van der Waals surface area contributed by atoms with Crippen molar-refractivity contribution in [1.82, 2.24) is 0 Å². The van der Waals surface area contributed by atoms with Crippen LogP contribution in [0.2, 0.25) is 0 Å². The number of aryl methyl sites for hydroxylation is 1. The van der Waals surface area contributed by atoms with E-state index in [9.17, 15) is 0 Å². The van der Waals surface area contributed by atoms with E-state index in [1.54, 1.807) is 0 Å². The largest absolute Gasteiger partial charge is 0.494 e. The summed E-state index contributed by atoms with van der Waals surface area (Å²) in [6.45, 7) is 5.33. The van der Waals surface area contributed by atoms with Crippen LogP contribution in [-0.4, -0.2) is 6.61 Å².